The molecule has 3 saturated heterocycles. The molecule has 0 aromatic carbocycles. The second kappa shape index (κ2) is 8.42. The first kappa shape index (κ1) is 23.4. The molecule has 2 amide bonds. The van der Waals surface area contributed by atoms with Crippen LogP contribution in [0.4, 0.5) is 4.79 Å². The predicted molar refractivity (Wildman–Crippen MR) is 124 cm³/mol. The lowest BCUT2D eigenvalue weighted by Crippen LogP contribution is -2.59. The topological polar surface area (TPSA) is 80.3 Å². The van der Waals surface area contributed by atoms with Crippen molar-refractivity contribution < 1.29 is 23.6 Å². The van der Waals surface area contributed by atoms with Gasteiger partial charge in [-0.25, -0.2) is 4.79 Å². The summed E-state index contributed by atoms with van der Waals surface area (Å²) >= 11 is 0. The second-order valence-corrected chi connectivity index (χ2v) is 12.3. The molecule has 6 rings (SSSR count). The first-order chi connectivity index (χ1) is 15.5. The highest BCUT2D eigenvalue weighted by molar-refractivity contribution is 6.47. The number of rotatable bonds is 4. The molecule has 3 saturated carbocycles. The summed E-state index contributed by atoms with van der Waals surface area (Å²) in [5.41, 5.74) is -0.148. The van der Waals surface area contributed by atoms with Crippen LogP contribution in [0.25, 0.3) is 0 Å². The number of amides is 2. The van der Waals surface area contributed by atoms with Crippen molar-refractivity contribution in [2.24, 2.45) is 17.3 Å². The minimum absolute atomic E-state index is 0.00653. The average Bonchev–Trinajstić information content (AvgIpc) is 3.48. The standard InChI is InChI=1S/C24H40BN3O5/c1-23(2,3)31-22(30)27-10-8-16(14-27)26-13-20(29)28-9-6-7-19(28)25-32-18-12-15-11-17(21(18)33-25)24(15,4)5/h15-19,21,26H,6-14H2,1-5H3/t15?,16-,17?,18-,19+,21+/m1/s1. The van der Waals surface area contributed by atoms with Gasteiger partial charge in [-0.2, -0.15) is 0 Å². The summed E-state index contributed by atoms with van der Waals surface area (Å²) in [6.45, 7) is 12.6. The third-order valence-corrected chi connectivity index (χ3v) is 8.74. The van der Waals surface area contributed by atoms with Crippen LogP contribution in [-0.2, 0) is 18.8 Å². The van der Waals surface area contributed by atoms with Crippen molar-refractivity contribution in [3.05, 3.63) is 0 Å². The second-order valence-electron chi connectivity index (χ2n) is 12.3. The average molecular weight is 461 g/mol. The summed E-state index contributed by atoms with van der Waals surface area (Å²) in [6.07, 6.45) is 5.18. The van der Waals surface area contributed by atoms with E-state index in [4.69, 9.17) is 14.0 Å². The van der Waals surface area contributed by atoms with E-state index >= 15 is 0 Å². The van der Waals surface area contributed by atoms with E-state index in [2.05, 4.69) is 19.2 Å². The monoisotopic (exact) mass is 461 g/mol. The molecule has 0 spiro atoms. The maximum atomic E-state index is 13.1. The molecule has 0 radical (unpaired) electrons. The van der Waals surface area contributed by atoms with Crippen LogP contribution in [0, 0.1) is 17.3 Å². The zero-order valence-electron chi connectivity index (χ0n) is 20.8. The van der Waals surface area contributed by atoms with Gasteiger partial charge in [0.2, 0.25) is 5.91 Å². The van der Waals surface area contributed by atoms with E-state index in [-0.39, 0.29) is 49.9 Å². The summed E-state index contributed by atoms with van der Waals surface area (Å²) < 4.78 is 18.3. The van der Waals surface area contributed by atoms with Gasteiger partial charge in [0, 0.05) is 25.7 Å². The van der Waals surface area contributed by atoms with Crippen molar-refractivity contribution >= 4 is 19.1 Å². The largest absolute Gasteiger partial charge is 0.481 e. The van der Waals surface area contributed by atoms with Crippen LogP contribution >= 0.6 is 0 Å². The smallest absolute Gasteiger partial charge is 0.444 e. The number of carbonyl (C=O) groups is 2. The molecule has 8 nitrogen and oxygen atoms in total. The van der Waals surface area contributed by atoms with E-state index in [0.717, 1.165) is 38.1 Å². The first-order valence-electron chi connectivity index (χ1n) is 12.8. The van der Waals surface area contributed by atoms with Gasteiger partial charge in [0.1, 0.15) is 5.60 Å². The maximum Gasteiger partial charge on any atom is 0.481 e. The highest BCUT2D eigenvalue weighted by Gasteiger charge is 2.63. The molecular formula is C24H40BN3O5. The number of nitrogens with one attached hydrogen (secondary N) is 1. The van der Waals surface area contributed by atoms with Crippen LogP contribution in [0.2, 0.25) is 0 Å². The molecule has 33 heavy (non-hydrogen) atoms. The van der Waals surface area contributed by atoms with E-state index in [1.54, 1.807) is 4.90 Å². The fraction of sp³-hybridized carbons (Fsp3) is 0.917. The molecule has 0 aromatic heterocycles. The summed E-state index contributed by atoms with van der Waals surface area (Å²) in [4.78, 5) is 29.1. The van der Waals surface area contributed by atoms with E-state index in [0.29, 0.717) is 24.4 Å². The summed E-state index contributed by atoms with van der Waals surface area (Å²) in [6, 6.07) is 0.110. The zero-order chi connectivity index (χ0) is 23.5. The normalized spacial score (nSPS) is 37.2. The van der Waals surface area contributed by atoms with Crippen LogP contribution in [0.15, 0.2) is 0 Å². The molecule has 184 valence electrons. The highest BCUT2D eigenvalue weighted by atomic mass is 16.7. The molecule has 6 aliphatic rings. The van der Waals surface area contributed by atoms with Crippen molar-refractivity contribution in [3.8, 4) is 0 Å². The lowest BCUT2D eigenvalue weighted by molar-refractivity contribution is -0.150. The van der Waals surface area contributed by atoms with Crippen molar-refractivity contribution in [2.75, 3.05) is 26.2 Å². The Bertz CT molecular complexity index is 787. The molecule has 9 heteroatoms. The molecule has 3 heterocycles. The van der Waals surface area contributed by atoms with Crippen molar-refractivity contribution in [3.63, 3.8) is 0 Å². The fourth-order valence-corrected chi connectivity index (χ4v) is 6.68. The number of likely N-dealkylation sites (tertiary alicyclic amines) is 2. The Balaban J connectivity index is 1.11. The van der Waals surface area contributed by atoms with Crippen LogP contribution in [0.3, 0.4) is 0 Å². The molecule has 2 bridgehead atoms. The van der Waals surface area contributed by atoms with E-state index < -0.39 is 5.60 Å². The summed E-state index contributed by atoms with van der Waals surface area (Å²) in [5, 5.41) is 3.37. The minimum Gasteiger partial charge on any atom is -0.444 e. The lowest BCUT2D eigenvalue weighted by atomic mass is 9.47. The number of ether oxygens (including phenoxy) is 1. The van der Waals surface area contributed by atoms with E-state index in [9.17, 15) is 9.59 Å². The first-order valence-corrected chi connectivity index (χ1v) is 12.8. The van der Waals surface area contributed by atoms with Gasteiger partial charge in [0.25, 0.3) is 0 Å². The maximum absolute atomic E-state index is 13.1. The molecule has 2 unspecified atom stereocenters. The van der Waals surface area contributed by atoms with Gasteiger partial charge < -0.3 is 29.2 Å². The van der Waals surface area contributed by atoms with E-state index in [1.807, 2.05) is 25.7 Å². The van der Waals surface area contributed by atoms with Gasteiger partial charge in [0.15, 0.2) is 0 Å². The highest BCUT2D eigenvalue weighted by Crippen LogP contribution is 2.61. The van der Waals surface area contributed by atoms with Gasteiger partial charge >= 0.3 is 13.2 Å². The SMILES string of the molecule is CC(C)(C)OC(=O)N1CC[C@@H](NCC(=O)N2CCC[C@H]2B2O[C@@H]3CC4CC([C@@H]3O2)C4(C)C)C1. The van der Waals surface area contributed by atoms with E-state index in [1.165, 1.54) is 6.42 Å². The summed E-state index contributed by atoms with van der Waals surface area (Å²) in [7, 11) is -0.296. The van der Waals surface area contributed by atoms with Gasteiger partial charge in [-0.1, -0.05) is 13.8 Å². The molecule has 1 N–H and O–H groups in total. The quantitative estimate of drug-likeness (QED) is 0.648. The van der Waals surface area contributed by atoms with Gasteiger partial charge in [-0.15, -0.1) is 0 Å². The van der Waals surface area contributed by atoms with Crippen LogP contribution < -0.4 is 5.32 Å². The van der Waals surface area contributed by atoms with Gasteiger partial charge in [0.05, 0.1) is 24.7 Å². The molecular weight excluding hydrogens is 421 g/mol. The number of hydrogen-bond acceptors (Lipinski definition) is 6. The number of nitrogens with zero attached hydrogens (tertiary/aromatic N) is 2. The molecule has 3 aliphatic carbocycles. The summed E-state index contributed by atoms with van der Waals surface area (Å²) in [5.74, 6) is 1.42. The third-order valence-electron chi connectivity index (χ3n) is 8.74. The Labute approximate surface area is 198 Å². The minimum atomic E-state index is -0.499. The van der Waals surface area contributed by atoms with Crippen molar-refractivity contribution in [1.29, 1.82) is 0 Å². The Morgan fingerprint density at radius 3 is 2.67 bits per heavy atom. The molecule has 6 fully saturated rings. The third kappa shape index (κ3) is 4.41. The number of carbonyl (C=O) groups excluding carboxylic acids is 2. The molecule has 0 aromatic rings. The Hall–Kier alpha value is -1.32. The van der Waals surface area contributed by atoms with Crippen LogP contribution in [0.5, 0.6) is 0 Å². The van der Waals surface area contributed by atoms with Crippen LogP contribution in [-0.4, -0.2) is 84.9 Å². The molecule has 3 aliphatic heterocycles. The Morgan fingerprint density at radius 2 is 1.94 bits per heavy atom. The lowest BCUT2D eigenvalue weighted by Gasteiger charge is -2.60. The van der Waals surface area contributed by atoms with Crippen molar-refractivity contribution in [2.45, 2.75) is 96.5 Å². The predicted octanol–water partition coefficient (Wildman–Crippen LogP) is 2.45. The Morgan fingerprint density at radius 1 is 1.15 bits per heavy atom. The van der Waals surface area contributed by atoms with Gasteiger partial charge in [-0.3, -0.25) is 4.79 Å². The molecule has 6 atom stereocenters. The fourth-order valence-electron chi connectivity index (χ4n) is 6.68. The van der Waals surface area contributed by atoms with Crippen LogP contribution in [0.1, 0.15) is 66.7 Å². The zero-order valence-corrected chi connectivity index (χ0v) is 20.8. The number of hydrogen-bond donors (Lipinski definition) is 1. The van der Waals surface area contributed by atoms with Gasteiger partial charge in [-0.05, 0) is 70.1 Å². The Kier molecular flexibility index (Phi) is 5.97. The van der Waals surface area contributed by atoms with Crippen molar-refractivity contribution in [1.82, 2.24) is 15.1 Å².